The first kappa shape index (κ1) is 25.8. The van der Waals surface area contributed by atoms with Crippen molar-refractivity contribution in [2.24, 2.45) is 5.41 Å². The average Bonchev–Trinajstić information content (AvgIpc) is 3.40. The van der Waals surface area contributed by atoms with Gasteiger partial charge in [-0.05, 0) is 68.4 Å². The van der Waals surface area contributed by atoms with Crippen LogP contribution in [-0.4, -0.2) is 58.6 Å². The summed E-state index contributed by atoms with van der Waals surface area (Å²) in [5.41, 5.74) is 1.72. The highest BCUT2D eigenvalue weighted by Gasteiger charge is 2.41. The fraction of sp³-hybridized carbons (Fsp3) is 0.440. The molecule has 1 atom stereocenters. The highest BCUT2D eigenvalue weighted by Crippen LogP contribution is 2.40. The van der Waals surface area contributed by atoms with E-state index in [1.807, 2.05) is 23.3 Å². The van der Waals surface area contributed by atoms with Crippen LogP contribution in [0.5, 0.6) is 5.75 Å². The molecule has 35 heavy (non-hydrogen) atoms. The van der Waals surface area contributed by atoms with Gasteiger partial charge >= 0.3 is 0 Å². The lowest BCUT2D eigenvalue weighted by Crippen LogP contribution is -2.48. The van der Waals surface area contributed by atoms with Gasteiger partial charge in [0, 0.05) is 23.2 Å². The molecule has 1 amide bonds. The maximum atomic E-state index is 14.8. The summed E-state index contributed by atoms with van der Waals surface area (Å²) >= 11 is 3.55. The second kappa shape index (κ2) is 11.7. The number of amides is 1. The van der Waals surface area contributed by atoms with Gasteiger partial charge in [0.25, 0.3) is 0 Å². The van der Waals surface area contributed by atoms with Crippen LogP contribution in [0.3, 0.4) is 0 Å². The lowest BCUT2D eigenvalue weighted by molar-refractivity contribution is -0.143. The number of rotatable bonds is 10. The Kier molecular flexibility index (Phi) is 8.61. The lowest BCUT2D eigenvalue weighted by Gasteiger charge is -2.40. The van der Waals surface area contributed by atoms with Crippen molar-refractivity contribution in [3.8, 4) is 5.75 Å². The number of nitrogens with one attached hydrogen (secondary N) is 1. The first-order valence-corrected chi connectivity index (χ1v) is 13.5. The van der Waals surface area contributed by atoms with Crippen LogP contribution in [0.2, 0.25) is 0 Å². The molecule has 0 bridgehead atoms. The molecule has 0 radical (unpaired) electrons. The molecule has 3 aromatic rings. The number of carbonyl (C=O) groups excluding carboxylic acids is 1. The highest BCUT2D eigenvalue weighted by atomic mass is 32.2. The summed E-state index contributed by atoms with van der Waals surface area (Å²) in [5.74, 6) is 0.464. The minimum atomic E-state index is -1.13. The van der Waals surface area contributed by atoms with Gasteiger partial charge in [-0.1, -0.05) is 6.07 Å². The topological polar surface area (TPSA) is 94.9 Å². The molecule has 4 rings (SSSR count). The molecule has 7 nitrogen and oxygen atoms in total. The number of aliphatic hydroxyl groups is 1. The van der Waals surface area contributed by atoms with E-state index < -0.39 is 23.2 Å². The van der Waals surface area contributed by atoms with Crippen molar-refractivity contribution in [3.63, 3.8) is 0 Å². The van der Waals surface area contributed by atoms with Gasteiger partial charge in [0.1, 0.15) is 11.6 Å². The Morgan fingerprint density at radius 3 is 2.86 bits per heavy atom. The zero-order chi connectivity index (χ0) is 24.8. The first-order chi connectivity index (χ1) is 17.0. The van der Waals surface area contributed by atoms with Gasteiger partial charge in [0.2, 0.25) is 5.91 Å². The van der Waals surface area contributed by atoms with Gasteiger partial charge in [-0.25, -0.2) is 9.87 Å². The first-order valence-electron chi connectivity index (χ1n) is 11.6. The standard InChI is InChI=1S/C25H30FN3O4S2/c1-33-17-4-5-20-18(15-17)23(19(26)16-27-20)21(30)6-7-25(24(31)28-32)8-10-29(11-9-25)12-14-35-22-3-2-13-34-22/h2-5,13,15-16,21,30,32H,6-12,14H2,1H3,(H,28,31). The van der Waals surface area contributed by atoms with E-state index in [4.69, 9.17) is 4.74 Å². The maximum Gasteiger partial charge on any atom is 0.249 e. The van der Waals surface area contributed by atoms with E-state index >= 15 is 0 Å². The van der Waals surface area contributed by atoms with E-state index in [0.29, 0.717) is 35.9 Å². The van der Waals surface area contributed by atoms with Crippen LogP contribution in [0.25, 0.3) is 10.9 Å². The molecule has 188 valence electrons. The molecular formula is C25H30FN3O4S2. The molecule has 1 saturated heterocycles. The number of aliphatic hydroxyl groups excluding tert-OH is 1. The molecule has 1 aliphatic heterocycles. The van der Waals surface area contributed by atoms with Gasteiger partial charge < -0.3 is 14.7 Å². The van der Waals surface area contributed by atoms with Crippen molar-refractivity contribution in [1.82, 2.24) is 15.4 Å². The predicted octanol–water partition coefficient (Wildman–Crippen LogP) is 4.64. The van der Waals surface area contributed by atoms with Crippen LogP contribution in [-0.2, 0) is 4.79 Å². The number of nitrogens with zero attached hydrogens (tertiary/aromatic N) is 2. The molecule has 2 aromatic heterocycles. The Morgan fingerprint density at radius 2 is 2.17 bits per heavy atom. The number of hydroxylamine groups is 1. The van der Waals surface area contributed by atoms with Crippen molar-refractivity contribution in [1.29, 1.82) is 0 Å². The number of pyridine rings is 1. The number of ether oxygens (including phenoxy) is 1. The number of carbonyl (C=O) groups is 1. The number of fused-ring (bicyclic) bond motifs is 1. The maximum absolute atomic E-state index is 14.8. The minimum absolute atomic E-state index is 0.150. The molecule has 0 saturated carbocycles. The van der Waals surface area contributed by atoms with Crippen LogP contribution in [0.1, 0.15) is 37.4 Å². The predicted molar refractivity (Wildman–Crippen MR) is 136 cm³/mol. The Hall–Kier alpha value is -2.24. The molecule has 1 fully saturated rings. The minimum Gasteiger partial charge on any atom is -0.497 e. The fourth-order valence-corrected chi connectivity index (χ4v) is 6.59. The number of halogens is 1. The van der Waals surface area contributed by atoms with Crippen LogP contribution in [0.15, 0.2) is 46.1 Å². The van der Waals surface area contributed by atoms with Crippen molar-refractivity contribution < 1.29 is 24.2 Å². The number of methoxy groups -OCH3 is 1. The molecule has 0 aliphatic carbocycles. The number of benzene rings is 1. The molecule has 1 aliphatic rings. The van der Waals surface area contributed by atoms with E-state index in [1.165, 1.54) is 11.3 Å². The van der Waals surface area contributed by atoms with Crippen LogP contribution in [0.4, 0.5) is 4.39 Å². The average molecular weight is 520 g/mol. The molecule has 3 N–H and O–H groups in total. The van der Waals surface area contributed by atoms with E-state index in [0.717, 1.165) is 31.6 Å². The van der Waals surface area contributed by atoms with Crippen LogP contribution < -0.4 is 10.2 Å². The third-order valence-corrected chi connectivity index (χ3v) is 8.95. The number of thiophene rings is 1. The number of hydrogen-bond acceptors (Lipinski definition) is 8. The highest BCUT2D eigenvalue weighted by molar-refractivity contribution is 8.01. The monoisotopic (exact) mass is 519 g/mol. The van der Waals surface area contributed by atoms with Crippen molar-refractivity contribution in [2.75, 3.05) is 32.5 Å². The summed E-state index contributed by atoms with van der Waals surface area (Å²) in [6.45, 7) is 2.36. The normalized spacial score (nSPS) is 16.8. The Labute approximate surface area is 212 Å². The SMILES string of the molecule is COc1ccc2ncc(F)c(C(O)CCC3(C(=O)NO)CCN(CCSc4cccs4)CC3)c2c1. The summed E-state index contributed by atoms with van der Waals surface area (Å²) in [4.78, 5) is 19.1. The number of aromatic nitrogens is 1. The summed E-state index contributed by atoms with van der Waals surface area (Å²) < 4.78 is 21.3. The third kappa shape index (κ3) is 5.95. The second-order valence-corrected chi connectivity index (χ2v) is 11.1. The molecule has 3 heterocycles. The molecule has 10 heteroatoms. The van der Waals surface area contributed by atoms with E-state index in [-0.39, 0.29) is 12.0 Å². The number of hydrogen-bond donors (Lipinski definition) is 3. The third-order valence-electron chi connectivity index (χ3n) is 6.84. The van der Waals surface area contributed by atoms with Gasteiger partial charge in [-0.3, -0.25) is 15.0 Å². The van der Waals surface area contributed by atoms with Crippen molar-refractivity contribution >= 4 is 39.9 Å². The Balaban J connectivity index is 1.42. The number of piperidine rings is 1. The summed E-state index contributed by atoms with van der Waals surface area (Å²) in [5, 5.41) is 23.0. The van der Waals surface area contributed by atoms with Crippen LogP contribution in [0, 0.1) is 11.2 Å². The smallest absolute Gasteiger partial charge is 0.249 e. The fourth-order valence-electron chi connectivity index (χ4n) is 4.73. The quantitative estimate of drug-likeness (QED) is 0.204. The summed E-state index contributed by atoms with van der Waals surface area (Å²) in [7, 11) is 1.52. The summed E-state index contributed by atoms with van der Waals surface area (Å²) in [6.07, 6.45) is 1.60. The molecule has 0 spiro atoms. The largest absolute Gasteiger partial charge is 0.497 e. The second-order valence-electron chi connectivity index (χ2n) is 8.80. The van der Waals surface area contributed by atoms with Gasteiger partial charge in [0.05, 0.1) is 34.6 Å². The van der Waals surface area contributed by atoms with Crippen molar-refractivity contribution in [3.05, 3.63) is 53.3 Å². The molecule has 1 unspecified atom stereocenters. The van der Waals surface area contributed by atoms with E-state index in [9.17, 15) is 19.5 Å². The van der Waals surface area contributed by atoms with E-state index in [2.05, 4.69) is 21.3 Å². The molecular weight excluding hydrogens is 489 g/mol. The van der Waals surface area contributed by atoms with Crippen LogP contribution >= 0.6 is 23.1 Å². The molecule has 1 aromatic carbocycles. The van der Waals surface area contributed by atoms with Gasteiger partial charge in [-0.2, -0.15) is 0 Å². The van der Waals surface area contributed by atoms with Crippen molar-refractivity contribution in [2.45, 2.75) is 36.0 Å². The van der Waals surface area contributed by atoms with E-state index in [1.54, 1.807) is 29.5 Å². The summed E-state index contributed by atoms with van der Waals surface area (Å²) in [6, 6.07) is 9.26. The van der Waals surface area contributed by atoms with Gasteiger partial charge in [-0.15, -0.1) is 23.1 Å². The van der Waals surface area contributed by atoms with Gasteiger partial charge in [0.15, 0.2) is 0 Å². The lowest BCUT2D eigenvalue weighted by atomic mass is 9.73. The number of thioether (sulfide) groups is 1. The Morgan fingerprint density at radius 1 is 1.37 bits per heavy atom. The Bertz CT molecular complexity index is 1140. The zero-order valence-corrected chi connectivity index (χ0v) is 21.2. The number of likely N-dealkylation sites (tertiary alicyclic amines) is 1. The zero-order valence-electron chi connectivity index (χ0n) is 19.6.